The van der Waals surface area contributed by atoms with Crippen LogP contribution < -0.4 is 16.2 Å². The Kier molecular flexibility index (Phi) is 4.53. The van der Waals surface area contributed by atoms with Crippen LogP contribution in [-0.4, -0.2) is 53.0 Å². The van der Waals surface area contributed by atoms with Gasteiger partial charge in [-0.1, -0.05) is 0 Å². The molecule has 0 aromatic carbocycles. The summed E-state index contributed by atoms with van der Waals surface area (Å²) in [5, 5.41) is 11.3. The summed E-state index contributed by atoms with van der Waals surface area (Å²) in [5.74, 6) is 5.83. The van der Waals surface area contributed by atoms with Crippen molar-refractivity contribution < 1.29 is 4.92 Å². The first kappa shape index (κ1) is 15.4. The van der Waals surface area contributed by atoms with Crippen molar-refractivity contribution in [2.45, 2.75) is 25.8 Å². The minimum Gasteiger partial charge on any atom is -0.350 e. The van der Waals surface area contributed by atoms with E-state index < -0.39 is 4.92 Å². The molecule has 1 aliphatic heterocycles. The van der Waals surface area contributed by atoms with Crippen LogP contribution in [0.2, 0.25) is 0 Å². The van der Waals surface area contributed by atoms with Gasteiger partial charge in [0.15, 0.2) is 0 Å². The topological polar surface area (TPSA) is 113 Å². The van der Waals surface area contributed by atoms with E-state index in [2.05, 4.69) is 20.3 Å². The van der Waals surface area contributed by atoms with Gasteiger partial charge in [-0.3, -0.25) is 15.5 Å². The number of anilines is 2. The molecule has 1 aliphatic rings. The Labute approximate surface area is 123 Å². The minimum atomic E-state index is -0.437. The Morgan fingerprint density at radius 2 is 2.24 bits per heavy atom. The lowest BCUT2D eigenvalue weighted by Gasteiger charge is -2.36. The van der Waals surface area contributed by atoms with E-state index >= 15 is 0 Å². The van der Waals surface area contributed by atoms with Crippen LogP contribution in [0.4, 0.5) is 17.5 Å². The number of rotatable bonds is 4. The predicted molar refractivity (Wildman–Crippen MR) is 80.2 cm³/mol. The quantitative estimate of drug-likeness (QED) is 0.469. The fraction of sp³-hybridized carbons (Fsp3) is 0.667. The van der Waals surface area contributed by atoms with Gasteiger partial charge in [-0.2, -0.15) is 4.98 Å². The molecule has 21 heavy (non-hydrogen) atoms. The van der Waals surface area contributed by atoms with Gasteiger partial charge in [-0.25, -0.2) is 10.8 Å². The largest absolute Gasteiger partial charge is 0.350 e. The summed E-state index contributed by atoms with van der Waals surface area (Å²) >= 11 is 0. The maximum Gasteiger partial charge on any atom is 0.332 e. The molecule has 0 aliphatic carbocycles. The van der Waals surface area contributed by atoms with E-state index in [4.69, 9.17) is 5.84 Å². The number of likely N-dealkylation sites (N-methyl/N-ethyl adjacent to an activating group) is 2. The van der Waals surface area contributed by atoms with Gasteiger partial charge in [0.05, 0.1) is 4.92 Å². The molecule has 0 spiro atoms. The highest BCUT2D eigenvalue weighted by molar-refractivity contribution is 5.62. The molecular formula is C12H21N7O2. The monoisotopic (exact) mass is 295 g/mol. The van der Waals surface area contributed by atoms with Gasteiger partial charge in [0.2, 0.25) is 11.8 Å². The van der Waals surface area contributed by atoms with E-state index in [9.17, 15) is 10.1 Å². The number of nitro groups is 1. The van der Waals surface area contributed by atoms with Crippen LogP contribution in [0.5, 0.6) is 0 Å². The summed E-state index contributed by atoms with van der Waals surface area (Å²) in [6.45, 7) is 3.48. The lowest BCUT2D eigenvalue weighted by molar-refractivity contribution is -0.385. The molecule has 116 valence electrons. The zero-order valence-electron chi connectivity index (χ0n) is 12.5. The molecule has 0 radical (unpaired) electrons. The third-order valence-electron chi connectivity index (χ3n) is 3.83. The normalized spacial score (nSPS) is 19.3. The summed E-state index contributed by atoms with van der Waals surface area (Å²) in [4.78, 5) is 23.2. The lowest BCUT2D eigenvalue weighted by Crippen LogP contribution is -2.45. The minimum absolute atomic E-state index is 0.0651. The Morgan fingerprint density at radius 1 is 1.52 bits per heavy atom. The first-order chi connectivity index (χ1) is 9.93. The smallest absolute Gasteiger partial charge is 0.332 e. The summed E-state index contributed by atoms with van der Waals surface area (Å²) in [7, 11) is 3.88. The first-order valence-electron chi connectivity index (χ1n) is 6.85. The number of likely N-dealkylation sites (tertiary alicyclic amines) is 1. The molecule has 1 aromatic rings. The zero-order chi connectivity index (χ0) is 15.6. The van der Waals surface area contributed by atoms with Crippen LogP contribution in [0.25, 0.3) is 0 Å². The molecule has 1 saturated heterocycles. The molecule has 0 amide bonds. The maximum atomic E-state index is 11.3. The van der Waals surface area contributed by atoms with Crippen molar-refractivity contribution in [2.24, 2.45) is 5.84 Å². The van der Waals surface area contributed by atoms with Crippen LogP contribution in [0, 0.1) is 17.0 Å². The van der Waals surface area contributed by atoms with Gasteiger partial charge in [0.25, 0.3) is 0 Å². The van der Waals surface area contributed by atoms with E-state index in [1.54, 1.807) is 6.92 Å². The number of hydrogen-bond acceptors (Lipinski definition) is 8. The second-order valence-electron chi connectivity index (χ2n) is 5.38. The fourth-order valence-corrected chi connectivity index (χ4v) is 2.70. The Bertz CT molecular complexity index is 537. The molecule has 1 atom stereocenters. The molecule has 3 N–H and O–H groups in total. The number of piperidine rings is 1. The van der Waals surface area contributed by atoms with Crippen molar-refractivity contribution >= 4 is 17.5 Å². The molecule has 0 bridgehead atoms. The lowest BCUT2D eigenvalue weighted by atomic mass is 10.0. The van der Waals surface area contributed by atoms with Gasteiger partial charge in [0.1, 0.15) is 5.69 Å². The number of nitrogen functional groups attached to an aromatic ring is 1. The van der Waals surface area contributed by atoms with Crippen molar-refractivity contribution in [3.63, 3.8) is 0 Å². The molecule has 9 nitrogen and oxygen atoms in total. The third-order valence-corrected chi connectivity index (χ3v) is 3.83. The SMILES string of the molecule is Cc1nc(NN)nc(N(C)C2CCCN(C)C2)c1[N+](=O)[O-]. The molecule has 1 unspecified atom stereocenters. The molecule has 1 fully saturated rings. The van der Waals surface area contributed by atoms with Crippen LogP contribution in [0.1, 0.15) is 18.5 Å². The van der Waals surface area contributed by atoms with Gasteiger partial charge < -0.3 is 9.80 Å². The molecule has 2 heterocycles. The predicted octanol–water partition coefficient (Wildman–Crippen LogP) is 0.509. The molecular weight excluding hydrogens is 274 g/mol. The van der Waals surface area contributed by atoms with Crippen molar-refractivity contribution in [3.8, 4) is 0 Å². The van der Waals surface area contributed by atoms with E-state index in [-0.39, 0.29) is 17.7 Å². The second-order valence-corrected chi connectivity index (χ2v) is 5.38. The average Bonchev–Trinajstić information content (AvgIpc) is 2.45. The van der Waals surface area contributed by atoms with E-state index in [1.807, 2.05) is 19.0 Å². The summed E-state index contributed by atoms with van der Waals surface area (Å²) < 4.78 is 0. The molecule has 2 rings (SSSR count). The number of hydrazine groups is 1. The van der Waals surface area contributed by atoms with Crippen LogP contribution in [-0.2, 0) is 0 Å². The van der Waals surface area contributed by atoms with Crippen molar-refractivity contribution in [1.29, 1.82) is 0 Å². The van der Waals surface area contributed by atoms with Crippen molar-refractivity contribution in [3.05, 3.63) is 15.8 Å². The first-order valence-corrected chi connectivity index (χ1v) is 6.85. The van der Waals surface area contributed by atoms with E-state index in [0.717, 1.165) is 25.9 Å². The van der Waals surface area contributed by atoms with Crippen molar-refractivity contribution in [2.75, 3.05) is 37.5 Å². The Morgan fingerprint density at radius 3 is 2.81 bits per heavy atom. The standard InChI is InChI=1S/C12H21N7O2/c1-8-10(19(20)21)11(15-12(14-8)16-13)18(3)9-5-4-6-17(2)7-9/h9H,4-7,13H2,1-3H3,(H,14,15,16). The second kappa shape index (κ2) is 6.19. The zero-order valence-corrected chi connectivity index (χ0v) is 12.5. The summed E-state index contributed by atoms with van der Waals surface area (Å²) in [6, 6.07) is 0.183. The number of nitrogens with two attached hydrogens (primary N) is 1. The van der Waals surface area contributed by atoms with E-state index in [0.29, 0.717) is 11.5 Å². The summed E-state index contributed by atoms with van der Waals surface area (Å²) in [6.07, 6.45) is 2.04. The Balaban J connectivity index is 2.40. The highest BCUT2D eigenvalue weighted by atomic mass is 16.6. The van der Waals surface area contributed by atoms with Crippen LogP contribution >= 0.6 is 0 Å². The highest BCUT2D eigenvalue weighted by Gasteiger charge is 2.30. The highest BCUT2D eigenvalue weighted by Crippen LogP contribution is 2.31. The number of aromatic nitrogens is 2. The van der Waals surface area contributed by atoms with Crippen molar-refractivity contribution in [1.82, 2.24) is 14.9 Å². The van der Waals surface area contributed by atoms with Gasteiger partial charge in [-0.05, 0) is 33.4 Å². The van der Waals surface area contributed by atoms with Gasteiger partial charge in [0, 0.05) is 19.6 Å². The van der Waals surface area contributed by atoms with Gasteiger partial charge in [-0.15, -0.1) is 0 Å². The molecule has 0 saturated carbocycles. The van der Waals surface area contributed by atoms with E-state index in [1.165, 1.54) is 0 Å². The third kappa shape index (κ3) is 3.19. The average molecular weight is 295 g/mol. The molecule has 1 aromatic heterocycles. The number of hydrogen-bond donors (Lipinski definition) is 2. The number of nitrogens with zero attached hydrogens (tertiary/aromatic N) is 5. The Hall–Kier alpha value is -2.00. The van der Waals surface area contributed by atoms with Crippen LogP contribution in [0.15, 0.2) is 0 Å². The molecule has 9 heteroatoms. The number of nitrogens with one attached hydrogen (secondary N) is 1. The van der Waals surface area contributed by atoms with Crippen LogP contribution in [0.3, 0.4) is 0 Å². The fourth-order valence-electron chi connectivity index (χ4n) is 2.70. The number of aryl methyl sites for hydroxylation is 1. The maximum absolute atomic E-state index is 11.3. The summed E-state index contributed by atoms with van der Waals surface area (Å²) in [5.41, 5.74) is 2.59. The van der Waals surface area contributed by atoms with Gasteiger partial charge >= 0.3 is 5.69 Å².